The third-order valence-corrected chi connectivity index (χ3v) is 2.73. The number of carbonyl (C=O) groups is 2. The van der Waals surface area contributed by atoms with Crippen molar-refractivity contribution in [3.05, 3.63) is 0 Å². The Morgan fingerprint density at radius 1 is 1.22 bits per heavy atom. The summed E-state index contributed by atoms with van der Waals surface area (Å²) in [6, 6.07) is -1.06. The van der Waals surface area contributed by atoms with Crippen LogP contribution in [0.2, 0.25) is 0 Å². The van der Waals surface area contributed by atoms with Gasteiger partial charge in [-0.2, -0.15) is 13.2 Å². The minimum absolute atomic E-state index is 0.0877. The predicted octanol–water partition coefficient (Wildman–Crippen LogP) is 1.83. The molecule has 5 nitrogen and oxygen atoms in total. The molecule has 0 saturated carbocycles. The lowest BCUT2D eigenvalue weighted by Gasteiger charge is -2.30. The number of alkyl halides is 3. The largest absolute Gasteiger partial charge is 0.480 e. The molecule has 2 amide bonds. The SMILES string of the molecule is CCC(CC)(NC(=O)N(C)CC(F)(F)F)C(=O)O. The zero-order chi connectivity index (χ0) is 14.6. The van der Waals surface area contributed by atoms with Crippen molar-refractivity contribution in [3.63, 3.8) is 0 Å². The zero-order valence-corrected chi connectivity index (χ0v) is 10.5. The van der Waals surface area contributed by atoms with Crippen LogP contribution in [0.1, 0.15) is 26.7 Å². The molecule has 0 heterocycles. The number of hydrogen-bond acceptors (Lipinski definition) is 2. The first-order valence-corrected chi connectivity index (χ1v) is 5.41. The van der Waals surface area contributed by atoms with Crippen molar-refractivity contribution < 1.29 is 27.9 Å². The van der Waals surface area contributed by atoms with E-state index in [-0.39, 0.29) is 12.8 Å². The second kappa shape index (κ2) is 5.92. The minimum atomic E-state index is -4.52. The highest BCUT2D eigenvalue weighted by molar-refractivity contribution is 5.86. The maximum atomic E-state index is 12.1. The monoisotopic (exact) mass is 270 g/mol. The highest BCUT2D eigenvalue weighted by atomic mass is 19.4. The lowest BCUT2D eigenvalue weighted by atomic mass is 9.93. The Hall–Kier alpha value is -1.47. The highest BCUT2D eigenvalue weighted by Gasteiger charge is 2.39. The van der Waals surface area contributed by atoms with Crippen molar-refractivity contribution in [1.82, 2.24) is 10.2 Å². The van der Waals surface area contributed by atoms with Gasteiger partial charge in [0, 0.05) is 7.05 Å². The van der Waals surface area contributed by atoms with Crippen molar-refractivity contribution in [2.75, 3.05) is 13.6 Å². The summed E-state index contributed by atoms with van der Waals surface area (Å²) in [5, 5.41) is 11.2. The van der Waals surface area contributed by atoms with Crippen molar-refractivity contribution in [1.29, 1.82) is 0 Å². The van der Waals surface area contributed by atoms with Gasteiger partial charge in [-0.25, -0.2) is 9.59 Å². The standard InChI is InChI=1S/C10H17F3N2O3/c1-4-9(5-2,7(16)17)14-8(18)15(3)6-10(11,12)13/h4-6H2,1-3H3,(H,14,18)(H,16,17). The van der Waals surface area contributed by atoms with Crippen LogP contribution in [0.25, 0.3) is 0 Å². The zero-order valence-electron chi connectivity index (χ0n) is 10.5. The van der Waals surface area contributed by atoms with Crippen LogP contribution in [0, 0.1) is 0 Å². The van der Waals surface area contributed by atoms with E-state index < -0.39 is 30.3 Å². The summed E-state index contributed by atoms with van der Waals surface area (Å²) >= 11 is 0. The van der Waals surface area contributed by atoms with Crippen LogP contribution in [-0.2, 0) is 4.79 Å². The molecule has 0 radical (unpaired) electrons. The number of halogens is 3. The fourth-order valence-corrected chi connectivity index (χ4v) is 1.42. The molecular weight excluding hydrogens is 253 g/mol. The molecule has 0 aromatic carbocycles. The number of amides is 2. The molecule has 18 heavy (non-hydrogen) atoms. The van der Waals surface area contributed by atoms with Gasteiger partial charge in [0.15, 0.2) is 0 Å². The second-order valence-electron chi connectivity index (χ2n) is 4.00. The van der Waals surface area contributed by atoms with Gasteiger partial charge in [-0.1, -0.05) is 13.8 Å². The van der Waals surface area contributed by atoms with Gasteiger partial charge < -0.3 is 15.3 Å². The van der Waals surface area contributed by atoms with E-state index in [2.05, 4.69) is 5.32 Å². The maximum Gasteiger partial charge on any atom is 0.406 e. The van der Waals surface area contributed by atoms with Gasteiger partial charge in [0.2, 0.25) is 0 Å². The molecule has 0 spiro atoms. The van der Waals surface area contributed by atoms with Crippen molar-refractivity contribution in [2.45, 2.75) is 38.4 Å². The predicted molar refractivity (Wildman–Crippen MR) is 58.2 cm³/mol. The molecule has 0 bridgehead atoms. The van der Waals surface area contributed by atoms with E-state index >= 15 is 0 Å². The van der Waals surface area contributed by atoms with Crippen LogP contribution in [0.4, 0.5) is 18.0 Å². The smallest absolute Gasteiger partial charge is 0.406 e. The highest BCUT2D eigenvalue weighted by Crippen LogP contribution is 2.18. The molecule has 0 aliphatic carbocycles. The Kier molecular flexibility index (Phi) is 5.44. The molecule has 0 aliphatic heterocycles. The van der Waals surface area contributed by atoms with Crippen LogP contribution < -0.4 is 5.32 Å². The molecule has 0 fully saturated rings. The van der Waals surface area contributed by atoms with Crippen LogP contribution in [0.15, 0.2) is 0 Å². The van der Waals surface area contributed by atoms with Gasteiger partial charge in [-0.05, 0) is 12.8 Å². The van der Waals surface area contributed by atoms with E-state index in [1.165, 1.54) is 0 Å². The first-order valence-electron chi connectivity index (χ1n) is 5.41. The molecule has 0 aromatic rings. The molecule has 106 valence electrons. The topological polar surface area (TPSA) is 69.6 Å². The minimum Gasteiger partial charge on any atom is -0.480 e. The third kappa shape index (κ3) is 4.42. The maximum absolute atomic E-state index is 12.1. The number of carbonyl (C=O) groups excluding carboxylic acids is 1. The van der Waals surface area contributed by atoms with Gasteiger partial charge in [-0.3, -0.25) is 0 Å². The summed E-state index contributed by atoms with van der Waals surface area (Å²) in [5.74, 6) is -1.26. The van der Waals surface area contributed by atoms with Crippen molar-refractivity contribution >= 4 is 12.0 Å². The van der Waals surface area contributed by atoms with Crippen molar-refractivity contribution in [2.24, 2.45) is 0 Å². The summed E-state index contributed by atoms with van der Waals surface area (Å²) in [5.41, 5.74) is -1.53. The third-order valence-electron chi connectivity index (χ3n) is 2.73. The Balaban J connectivity index is 4.76. The molecule has 0 unspecified atom stereocenters. The molecule has 0 aliphatic rings. The Bertz CT molecular complexity index is 314. The summed E-state index contributed by atoms with van der Waals surface area (Å²) in [7, 11) is 0.959. The van der Waals surface area contributed by atoms with E-state index in [9.17, 15) is 22.8 Å². The van der Waals surface area contributed by atoms with Gasteiger partial charge in [0.25, 0.3) is 0 Å². The fourth-order valence-electron chi connectivity index (χ4n) is 1.42. The lowest BCUT2D eigenvalue weighted by Crippen LogP contribution is -2.57. The molecule has 0 atom stereocenters. The number of carboxylic acids is 1. The molecule has 8 heteroatoms. The van der Waals surface area contributed by atoms with E-state index in [0.717, 1.165) is 7.05 Å². The number of nitrogens with one attached hydrogen (secondary N) is 1. The van der Waals surface area contributed by atoms with Crippen molar-refractivity contribution in [3.8, 4) is 0 Å². The summed E-state index contributed by atoms with van der Waals surface area (Å²) in [6.45, 7) is 1.66. The van der Waals surface area contributed by atoms with Crippen LogP contribution in [0.3, 0.4) is 0 Å². The van der Waals surface area contributed by atoms with Crippen LogP contribution in [0.5, 0.6) is 0 Å². The van der Waals surface area contributed by atoms with E-state index in [4.69, 9.17) is 5.11 Å². The average Bonchev–Trinajstić information content (AvgIpc) is 2.22. The first kappa shape index (κ1) is 16.5. The van der Waals surface area contributed by atoms with Gasteiger partial charge in [0.1, 0.15) is 12.1 Å². The Labute approximate surface area is 103 Å². The molecular formula is C10H17F3N2O3. The molecule has 0 saturated heterocycles. The number of urea groups is 1. The molecule has 0 rings (SSSR count). The van der Waals surface area contributed by atoms with Crippen LogP contribution >= 0.6 is 0 Å². The summed E-state index contributed by atoms with van der Waals surface area (Å²) in [6.07, 6.45) is -4.34. The van der Waals surface area contributed by atoms with Gasteiger partial charge in [-0.15, -0.1) is 0 Å². The van der Waals surface area contributed by atoms with E-state index in [0.29, 0.717) is 4.90 Å². The Morgan fingerprint density at radius 3 is 1.94 bits per heavy atom. The lowest BCUT2D eigenvalue weighted by molar-refractivity contribution is -0.145. The number of hydrogen-bond donors (Lipinski definition) is 2. The normalized spacial score (nSPS) is 12.1. The van der Waals surface area contributed by atoms with Gasteiger partial charge in [0.05, 0.1) is 0 Å². The second-order valence-corrected chi connectivity index (χ2v) is 4.00. The molecule has 0 aromatic heterocycles. The fraction of sp³-hybridized carbons (Fsp3) is 0.800. The van der Waals surface area contributed by atoms with Crippen LogP contribution in [-0.4, -0.2) is 47.3 Å². The number of aliphatic carboxylic acids is 1. The summed E-state index contributed by atoms with van der Waals surface area (Å²) in [4.78, 5) is 23.0. The quantitative estimate of drug-likeness (QED) is 0.800. The average molecular weight is 270 g/mol. The van der Waals surface area contributed by atoms with Gasteiger partial charge >= 0.3 is 18.2 Å². The number of rotatable bonds is 5. The first-order chi connectivity index (χ1) is 8.08. The summed E-state index contributed by atoms with van der Waals surface area (Å²) < 4.78 is 36.3. The number of carboxylic acid groups (broad SMARTS) is 1. The van der Waals surface area contributed by atoms with E-state index in [1.54, 1.807) is 13.8 Å². The Morgan fingerprint density at radius 2 is 1.67 bits per heavy atom. The number of nitrogens with zero attached hydrogens (tertiary/aromatic N) is 1. The molecule has 2 N–H and O–H groups in total. The van der Waals surface area contributed by atoms with E-state index in [1.807, 2.05) is 0 Å².